The number of nitrogens with one attached hydrogen (secondary N) is 1. The van der Waals surface area contributed by atoms with Crippen molar-refractivity contribution in [3.8, 4) is 0 Å². The van der Waals surface area contributed by atoms with Crippen LogP contribution in [0, 0.1) is 5.41 Å². The quantitative estimate of drug-likeness (QED) is 0.270. The molecule has 0 saturated heterocycles. The standard InChI is InChI=1S/C28H24Cl2N6O2/c1-34(27(38)23-16-32-21-7-2-3-8-22(21)33-23)14-5-15-35-26-20(30)6-4-9-24(26)36(28(35)31)17-25(37)18-10-12-19(29)13-11-18/h2-4,6-13,16,31H,5,14-15,17H2,1H3. The van der Waals surface area contributed by atoms with Crippen LogP contribution in [0.2, 0.25) is 10.0 Å². The molecule has 2 aromatic heterocycles. The number of fused-ring (bicyclic) bond motifs is 2. The minimum Gasteiger partial charge on any atom is -0.340 e. The molecule has 0 fully saturated rings. The van der Waals surface area contributed by atoms with E-state index in [2.05, 4.69) is 9.97 Å². The van der Waals surface area contributed by atoms with Crippen molar-refractivity contribution in [2.75, 3.05) is 13.6 Å². The Morgan fingerprint density at radius 2 is 1.68 bits per heavy atom. The van der Waals surface area contributed by atoms with Crippen LogP contribution in [0.25, 0.3) is 22.1 Å². The van der Waals surface area contributed by atoms with E-state index >= 15 is 0 Å². The number of aryl methyl sites for hydroxylation is 1. The molecule has 0 bridgehead atoms. The molecule has 192 valence electrons. The molecule has 2 heterocycles. The van der Waals surface area contributed by atoms with Crippen molar-refractivity contribution in [3.05, 3.63) is 99.8 Å². The van der Waals surface area contributed by atoms with Gasteiger partial charge in [0.1, 0.15) is 5.69 Å². The fraction of sp³-hybridized carbons (Fsp3) is 0.179. The van der Waals surface area contributed by atoms with E-state index in [1.54, 1.807) is 57.5 Å². The third-order valence-corrected chi connectivity index (χ3v) is 6.95. The van der Waals surface area contributed by atoms with Crippen molar-refractivity contribution in [1.82, 2.24) is 24.0 Å². The van der Waals surface area contributed by atoms with E-state index in [1.807, 2.05) is 30.3 Å². The van der Waals surface area contributed by atoms with Gasteiger partial charge in [-0.2, -0.15) is 0 Å². The summed E-state index contributed by atoms with van der Waals surface area (Å²) in [6, 6.07) is 19.5. The number of benzene rings is 3. The molecule has 0 spiro atoms. The lowest BCUT2D eigenvalue weighted by molar-refractivity contribution is 0.0785. The highest BCUT2D eigenvalue weighted by Gasteiger charge is 2.18. The topological polar surface area (TPSA) is 96.9 Å². The molecule has 8 nitrogen and oxygen atoms in total. The third kappa shape index (κ3) is 5.05. The fourth-order valence-corrected chi connectivity index (χ4v) is 4.82. The summed E-state index contributed by atoms with van der Waals surface area (Å²) >= 11 is 12.5. The summed E-state index contributed by atoms with van der Waals surface area (Å²) in [6.07, 6.45) is 2.05. The Hall–Kier alpha value is -4.01. The third-order valence-electron chi connectivity index (χ3n) is 6.40. The van der Waals surface area contributed by atoms with Gasteiger partial charge in [0.25, 0.3) is 5.91 Å². The van der Waals surface area contributed by atoms with Gasteiger partial charge >= 0.3 is 0 Å². The summed E-state index contributed by atoms with van der Waals surface area (Å²) in [5.41, 5.74) is 3.72. The molecule has 10 heteroatoms. The molecule has 0 aliphatic heterocycles. The lowest BCUT2D eigenvalue weighted by Crippen LogP contribution is -2.31. The molecule has 5 aromatic rings. The maximum absolute atomic E-state index is 13.0. The fourth-order valence-electron chi connectivity index (χ4n) is 4.43. The average Bonchev–Trinajstić information content (AvgIpc) is 3.19. The number of amides is 1. The number of rotatable bonds is 8. The predicted molar refractivity (Wildman–Crippen MR) is 148 cm³/mol. The van der Waals surface area contributed by atoms with Crippen molar-refractivity contribution in [1.29, 1.82) is 5.41 Å². The molecule has 3 aromatic carbocycles. The molecule has 5 rings (SSSR count). The second-order valence-electron chi connectivity index (χ2n) is 8.92. The van der Waals surface area contributed by atoms with Gasteiger partial charge in [-0.15, -0.1) is 0 Å². The van der Waals surface area contributed by atoms with Crippen molar-refractivity contribution < 1.29 is 9.59 Å². The van der Waals surface area contributed by atoms with Gasteiger partial charge in [-0.1, -0.05) is 41.4 Å². The SMILES string of the molecule is CN(CCCn1c(=N)n(CC(=O)c2ccc(Cl)cc2)c2cccc(Cl)c21)C(=O)c1cnc2ccccc2n1. The van der Waals surface area contributed by atoms with Crippen LogP contribution in [-0.2, 0) is 13.1 Å². The highest BCUT2D eigenvalue weighted by atomic mass is 35.5. The van der Waals surface area contributed by atoms with E-state index in [4.69, 9.17) is 28.6 Å². The molecular formula is C28H24Cl2N6O2. The van der Waals surface area contributed by atoms with Crippen LogP contribution >= 0.6 is 23.2 Å². The van der Waals surface area contributed by atoms with Gasteiger partial charge in [-0.3, -0.25) is 20.0 Å². The van der Waals surface area contributed by atoms with Crippen LogP contribution in [-0.4, -0.2) is 49.3 Å². The molecule has 0 aliphatic rings. The summed E-state index contributed by atoms with van der Waals surface area (Å²) in [6.45, 7) is 0.853. The van der Waals surface area contributed by atoms with E-state index in [0.717, 1.165) is 5.52 Å². The summed E-state index contributed by atoms with van der Waals surface area (Å²) in [5.74, 6) is -0.366. The first kappa shape index (κ1) is 25.6. The number of carbonyl (C=O) groups excluding carboxylic acids is 2. The Balaban J connectivity index is 1.34. The van der Waals surface area contributed by atoms with Gasteiger partial charge < -0.3 is 14.0 Å². The van der Waals surface area contributed by atoms with Gasteiger partial charge in [-0.05, 0) is 55.0 Å². The molecule has 0 atom stereocenters. The minimum atomic E-state index is -0.228. The Labute approximate surface area is 228 Å². The number of hydrogen-bond acceptors (Lipinski definition) is 5. The van der Waals surface area contributed by atoms with Crippen LogP contribution in [0.1, 0.15) is 27.3 Å². The highest BCUT2D eigenvalue weighted by molar-refractivity contribution is 6.35. The predicted octanol–water partition coefficient (Wildman–Crippen LogP) is 5.22. The zero-order valence-electron chi connectivity index (χ0n) is 20.6. The minimum absolute atomic E-state index is 0.0106. The van der Waals surface area contributed by atoms with E-state index in [0.29, 0.717) is 51.7 Å². The molecular weight excluding hydrogens is 523 g/mol. The Bertz CT molecular complexity index is 1730. The van der Waals surface area contributed by atoms with Gasteiger partial charge in [-0.25, -0.2) is 4.98 Å². The second kappa shape index (κ2) is 10.8. The first-order chi connectivity index (χ1) is 18.3. The van der Waals surface area contributed by atoms with Gasteiger partial charge in [0.05, 0.1) is 39.8 Å². The lowest BCUT2D eigenvalue weighted by atomic mass is 10.1. The summed E-state index contributed by atoms with van der Waals surface area (Å²) in [7, 11) is 1.71. The number of carbonyl (C=O) groups is 2. The largest absolute Gasteiger partial charge is 0.340 e. The molecule has 0 radical (unpaired) electrons. The van der Waals surface area contributed by atoms with Gasteiger partial charge in [0.15, 0.2) is 5.78 Å². The Morgan fingerprint density at radius 1 is 0.947 bits per heavy atom. The number of imidazole rings is 1. The Morgan fingerprint density at radius 3 is 2.45 bits per heavy atom. The monoisotopic (exact) mass is 546 g/mol. The van der Waals surface area contributed by atoms with Crippen molar-refractivity contribution >= 4 is 57.0 Å². The maximum Gasteiger partial charge on any atom is 0.273 e. The normalized spacial score (nSPS) is 11.2. The van der Waals surface area contributed by atoms with Crippen molar-refractivity contribution in [2.45, 2.75) is 19.5 Å². The summed E-state index contributed by atoms with van der Waals surface area (Å²) in [5, 5.41) is 9.88. The van der Waals surface area contributed by atoms with Crippen LogP contribution in [0.15, 0.2) is 72.9 Å². The molecule has 0 aliphatic carbocycles. The number of halogens is 2. The van der Waals surface area contributed by atoms with Crippen LogP contribution in [0.5, 0.6) is 0 Å². The Kier molecular flexibility index (Phi) is 7.26. The number of nitrogens with zero attached hydrogens (tertiary/aromatic N) is 5. The second-order valence-corrected chi connectivity index (χ2v) is 9.77. The van der Waals surface area contributed by atoms with Crippen molar-refractivity contribution in [3.63, 3.8) is 0 Å². The zero-order chi connectivity index (χ0) is 26.8. The number of Topliss-reactive ketones (excluding diaryl/α,β-unsaturated/α-hetero) is 1. The van der Waals surface area contributed by atoms with Gasteiger partial charge in [0, 0.05) is 30.7 Å². The molecule has 0 saturated carbocycles. The first-order valence-electron chi connectivity index (χ1n) is 12.0. The molecule has 38 heavy (non-hydrogen) atoms. The summed E-state index contributed by atoms with van der Waals surface area (Å²) in [4.78, 5) is 36.3. The van der Waals surface area contributed by atoms with E-state index < -0.39 is 0 Å². The van der Waals surface area contributed by atoms with E-state index in [1.165, 1.54) is 6.20 Å². The molecule has 1 N–H and O–H groups in total. The summed E-state index contributed by atoms with van der Waals surface area (Å²) < 4.78 is 3.43. The van der Waals surface area contributed by atoms with Crippen LogP contribution in [0.3, 0.4) is 0 Å². The van der Waals surface area contributed by atoms with E-state index in [9.17, 15) is 9.59 Å². The maximum atomic E-state index is 13.0. The average molecular weight is 547 g/mol. The van der Waals surface area contributed by atoms with E-state index in [-0.39, 0.29) is 29.5 Å². The van der Waals surface area contributed by atoms with Crippen molar-refractivity contribution in [2.24, 2.45) is 0 Å². The first-order valence-corrected chi connectivity index (χ1v) is 12.8. The smallest absolute Gasteiger partial charge is 0.273 e. The number of ketones is 1. The number of aromatic nitrogens is 4. The molecule has 0 unspecified atom stereocenters. The van der Waals surface area contributed by atoms with Crippen LogP contribution < -0.4 is 5.62 Å². The number of para-hydroxylation sites is 3. The zero-order valence-corrected chi connectivity index (χ0v) is 22.1. The number of hydrogen-bond donors (Lipinski definition) is 1. The van der Waals surface area contributed by atoms with Crippen LogP contribution in [0.4, 0.5) is 0 Å². The highest BCUT2D eigenvalue weighted by Crippen LogP contribution is 2.23. The van der Waals surface area contributed by atoms with Gasteiger partial charge in [0.2, 0.25) is 5.62 Å². The lowest BCUT2D eigenvalue weighted by Gasteiger charge is -2.17. The molecule has 1 amide bonds.